The summed E-state index contributed by atoms with van der Waals surface area (Å²) in [6.07, 6.45) is 2.77. The van der Waals surface area contributed by atoms with Crippen LogP contribution in [0.5, 0.6) is 0 Å². The van der Waals surface area contributed by atoms with Gasteiger partial charge in [-0.05, 0) is 19.4 Å². The van der Waals surface area contributed by atoms with E-state index in [1.807, 2.05) is 20.2 Å². The highest BCUT2D eigenvalue weighted by Crippen LogP contribution is 2.21. The van der Waals surface area contributed by atoms with Crippen molar-refractivity contribution in [2.45, 2.75) is 20.3 Å². The monoisotopic (exact) mass is 236 g/mol. The first-order valence-corrected chi connectivity index (χ1v) is 5.52. The molecular formula is C11H13ClN4. The van der Waals surface area contributed by atoms with Crippen molar-refractivity contribution in [2.75, 3.05) is 0 Å². The predicted molar refractivity (Wildman–Crippen MR) is 63.4 cm³/mol. The lowest BCUT2D eigenvalue weighted by Gasteiger charge is -2.01. The molecule has 2 aromatic heterocycles. The quantitative estimate of drug-likeness (QED) is 0.752. The van der Waals surface area contributed by atoms with Gasteiger partial charge in [0.05, 0.1) is 11.3 Å². The van der Waals surface area contributed by atoms with Crippen LogP contribution in [0, 0.1) is 6.92 Å². The van der Waals surface area contributed by atoms with Gasteiger partial charge in [-0.1, -0.05) is 18.5 Å². The minimum atomic E-state index is 0.466. The van der Waals surface area contributed by atoms with E-state index in [0.717, 1.165) is 23.4 Å². The minimum absolute atomic E-state index is 0.466. The molecule has 84 valence electrons. The molecule has 0 saturated carbocycles. The van der Waals surface area contributed by atoms with Gasteiger partial charge in [-0.25, -0.2) is 9.97 Å². The van der Waals surface area contributed by atoms with Gasteiger partial charge in [-0.3, -0.25) is 4.68 Å². The Morgan fingerprint density at radius 2 is 2.12 bits per heavy atom. The Kier molecular flexibility index (Phi) is 2.92. The zero-order valence-corrected chi connectivity index (χ0v) is 10.3. The molecule has 0 aromatic carbocycles. The number of nitrogens with zero attached hydrogens (tertiary/aromatic N) is 4. The third-order valence-electron chi connectivity index (χ3n) is 2.30. The Labute approximate surface area is 99.3 Å². The van der Waals surface area contributed by atoms with Crippen LogP contribution in [-0.2, 0) is 13.5 Å². The van der Waals surface area contributed by atoms with Gasteiger partial charge in [0.15, 0.2) is 5.82 Å². The van der Waals surface area contributed by atoms with Crippen LogP contribution in [0.15, 0.2) is 12.3 Å². The molecule has 0 fully saturated rings. The van der Waals surface area contributed by atoms with Crippen LogP contribution in [0.25, 0.3) is 11.4 Å². The Balaban J connectivity index is 2.57. The number of halogens is 1. The zero-order valence-electron chi connectivity index (χ0n) is 9.53. The maximum Gasteiger partial charge on any atom is 0.164 e. The lowest BCUT2D eigenvalue weighted by molar-refractivity contribution is 0.746. The van der Waals surface area contributed by atoms with Crippen molar-refractivity contribution in [3.05, 3.63) is 28.8 Å². The second-order valence-corrected chi connectivity index (χ2v) is 4.06. The molecule has 0 atom stereocenters. The summed E-state index contributed by atoms with van der Waals surface area (Å²) in [5.74, 6) is 0.648. The molecule has 2 heterocycles. The largest absolute Gasteiger partial charge is 0.275 e. The van der Waals surface area contributed by atoms with Gasteiger partial charge in [-0.15, -0.1) is 0 Å². The van der Waals surface area contributed by atoms with Gasteiger partial charge in [0.1, 0.15) is 5.15 Å². The smallest absolute Gasteiger partial charge is 0.164 e. The third-order valence-corrected chi connectivity index (χ3v) is 2.50. The number of hydrogen-bond acceptors (Lipinski definition) is 3. The summed E-state index contributed by atoms with van der Waals surface area (Å²) in [6, 6.07) is 1.74. The highest BCUT2D eigenvalue weighted by Gasteiger charge is 2.11. The Morgan fingerprint density at radius 1 is 1.38 bits per heavy atom. The van der Waals surface area contributed by atoms with E-state index in [9.17, 15) is 0 Å². The fraction of sp³-hybridized carbons (Fsp3) is 0.364. The topological polar surface area (TPSA) is 43.6 Å². The molecule has 0 aliphatic rings. The molecule has 0 amide bonds. The highest BCUT2D eigenvalue weighted by atomic mass is 35.5. The average molecular weight is 237 g/mol. The number of aryl methyl sites for hydroxylation is 3. The molecule has 0 aliphatic heterocycles. The van der Waals surface area contributed by atoms with Crippen molar-refractivity contribution < 1.29 is 0 Å². The molecule has 2 aromatic rings. The second kappa shape index (κ2) is 4.22. The van der Waals surface area contributed by atoms with Crippen molar-refractivity contribution in [2.24, 2.45) is 7.05 Å². The number of hydrogen-bond donors (Lipinski definition) is 0. The zero-order chi connectivity index (χ0) is 11.7. The first-order valence-electron chi connectivity index (χ1n) is 5.14. The molecule has 5 heteroatoms. The molecule has 0 N–H and O–H groups in total. The van der Waals surface area contributed by atoms with Gasteiger partial charge < -0.3 is 0 Å². The SMILES string of the molecule is CCc1nn(C)cc1-c1nc(C)cc(Cl)n1. The molecular weight excluding hydrogens is 224 g/mol. The minimum Gasteiger partial charge on any atom is -0.275 e. The summed E-state index contributed by atoms with van der Waals surface area (Å²) in [7, 11) is 1.89. The van der Waals surface area contributed by atoms with Crippen LogP contribution < -0.4 is 0 Å². The predicted octanol–water partition coefficient (Wildman–Crippen LogP) is 2.40. The van der Waals surface area contributed by atoms with Gasteiger partial charge in [0.25, 0.3) is 0 Å². The Hall–Kier alpha value is -1.42. The van der Waals surface area contributed by atoms with E-state index < -0.39 is 0 Å². The maximum absolute atomic E-state index is 5.92. The van der Waals surface area contributed by atoms with Crippen molar-refractivity contribution in [3.63, 3.8) is 0 Å². The normalized spacial score (nSPS) is 10.8. The molecule has 0 saturated heterocycles. The fourth-order valence-corrected chi connectivity index (χ4v) is 1.87. The van der Waals surface area contributed by atoms with Gasteiger partial charge in [-0.2, -0.15) is 5.10 Å². The van der Waals surface area contributed by atoms with Crippen LogP contribution in [0.1, 0.15) is 18.3 Å². The number of rotatable bonds is 2. The summed E-state index contributed by atoms with van der Waals surface area (Å²) in [5, 5.41) is 4.82. The molecule has 0 radical (unpaired) electrons. The summed E-state index contributed by atoms with van der Waals surface area (Å²) < 4.78 is 1.77. The van der Waals surface area contributed by atoms with Crippen molar-refractivity contribution in [3.8, 4) is 11.4 Å². The van der Waals surface area contributed by atoms with Crippen molar-refractivity contribution in [1.82, 2.24) is 19.7 Å². The molecule has 0 unspecified atom stereocenters. The van der Waals surface area contributed by atoms with Crippen LogP contribution in [0.4, 0.5) is 0 Å². The first kappa shape index (κ1) is 11.1. The fourth-order valence-electron chi connectivity index (χ4n) is 1.63. The summed E-state index contributed by atoms with van der Waals surface area (Å²) in [6.45, 7) is 3.96. The number of aromatic nitrogens is 4. The highest BCUT2D eigenvalue weighted by molar-refractivity contribution is 6.29. The third kappa shape index (κ3) is 2.07. The van der Waals surface area contributed by atoms with Crippen LogP contribution in [0.2, 0.25) is 5.15 Å². The summed E-state index contributed by atoms with van der Waals surface area (Å²) in [4.78, 5) is 8.60. The van der Waals surface area contributed by atoms with Crippen LogP contribution in [-0.4, -0.2) is 19.7 Å². The van der Waals surface area contributed by atoms with Gasteiger partial charge in [0.2, 0.25) is 0 Å². The average Bonchev–Trinajstić information content (AvgIpc) is 2.58. The van der Waals surface area contributed by atoms with Crippen molar-refractivity contribution in [1.29, 1.82) is 0 Å². The molecule has 0 spiro atoms. The molecule has 0 aliphatic carbocycles. The van der Waals surface area contributed by atoms with E-state index in [2.05, 4.69) is 22.0 Å². The van der Waals surface area contributed by atoms with E-state index in [-0.39, 0.29) is 0 Å². The van der Waals surface area contributed by atoms with Gasteiger partial charge >= 0.3 is 0 Å². The maximum atomic E-state index is 5.92. The Bertz CT molecular complexity index is 498. The second-order valence-electron chi connectivity index (χ2n) is 3.67. The summed E-state index contributed by atoms with van der Waals surface area (Å²) in [5.41, 5.74) is 2.81. The molecule has 4 nitrogen and oxygen atoms in total. The standard InChI is InChI=1S/C11H13ClN4/c1-4-9-8(6-16(3)15-9)11-13-7(2)5-10(12)14-11/h5-6H,4H2,1-3H3. The lowest BCUT2D eigenvalue weighted by Crippen LogP contribution is -1.94. The molecule has 2 rings (SSSR count). The van der Waals surface area contributed by atoms with E-state index in [1.54, 1.807) is 10.7 Å². The van der Waals surface area contributed by atoms with Gasteiger partial charge in [0, 0.05) is 18.9 Å². The van der Waals surface area contributed by atoms with E-state index >= 15 is 0 Å². The van der Waals surface area contributed by atoms with Crippen molar-refractivity contribution >= 4 is 11.6 Å². The van der Waals surface area contributed by atoms with Crippen LogP contribution >= 0.6 is 11.6 Å². The first-order chi connectivity index (χ1) is 7.60. The lowest BCUT2D eigenvalue weighted by atomic mass is 10.2. The van der Waals surface area contributed by atoms with E-state index in [4.69, 9.17) is 11.6 Å². The summed E-state index contributed by atoms with van der Waals surface area (Å²) >= 11 is 5.92. The van der Waals surface area contributed by atoms with Crippen LogP contribution in [0.3, 0.4) is 0 Å². The molecule has 16 heavy (non-hydrogen) atoms. The van der Waals surface area contributed by atoms with E-state index in [0.29, 0.717) is 11.0 Å². The molecule has 0 bridgehead atoms. The van der Waals surface area contributed by atoms with E-state index in [1.165, 1.54) is 0 Å². The Morgan fingerprint density at radius 3 is 2.75 bits per heavy atom.